The second-order valence-electron chi connectivity index (χ2n) is 8.74. The third kappa shape index (κ3) is 2.27. The maximum absolute atomic E-state index is 14.2. The number of anilines is 2. The minimum atomic E-state index is -1.10. The molecule has 1 aliphatic carbocycles. The summed E-state index contributed by atoms with van der Waals surface area (Å²) < 4.78 is 0. The van der Waals surface area contributed by atoms with Gasteiger partial charge in [0, 0.05) is 5.92 Å². The van der Waals surface area contributed by atoms with Gasteiger partial charge in [-0.1, -0.05) is 66.7 Å². The van der Waals surface area contributed by atoms with Crippen molar-refractivity contribution >= 4 is 34.6 Å². The number of amides is 2. The summed E-state index contributed by atoms with van der Waals surface area (Å²) in [5.41, 5.74) is 1.40. The minimum Gasteiger partial charge on any atom is -0.271 e. The molecule has 0 aromatic heterocycles. The van der Waals surface area contributed by atoms with E-state index in [9.17, 15) is 9.59 Å². The number of fused-ring (bicyclic) bond motifs is 1. The van der Waals surface area contributed by atoms with Crippen LogP contribution in [0.3, 0.4) is 0 Å². The predicted molar refractivity (Wildman–Crippen MR) is 128 cm³/mol. The summed E-state index contributed by atoms with van der Waals surface area (Å²) in [5.74, 6) is -0.739. The van der Waals surface area contributed by atoms with Crippen molar-refractivity contribution in [2.24, 2.45) is 21.0 Å². The Bertz CT molecular complexity index is 1250. The Labute approximate surface area is 191 Å². The molecule has 6 rings (SSSR count). The Morgan fingerprint density at radius 1 is 0.606 bits per heavy atom. The molecule has 2 atom stereocenters. The van der Waals surface area contributed by atoms with Gasteiger partial charge in [-0.15, -0.1) is 0 Å². The van der Waals surface area contributed by atoms with E-state index < -0.39 is 10.8 Å². The lowest BCUT2D eigenvalue weighted by atomic mass is 9.85. The number of para-hydroxylation sites is 2. The zero-order valence-electron chi connectivity index (χ0n) is 18.3. The van der Waals surface area contributed by atoms with E-state index in [1.165, 1.54) is 10.0 Å². The molecule has 33 heavy (non-hydrogen) atoms. The third-order valence-corrected chi connectivity index (χ3v) is 7.24. The minimum absolute atomic E-state index is 0.183. The highest BCUT2D eigenvalue weighted by molar-refractivity contribution is 6.37. The van der Waals surface area contributed by atoms with Crippen LogP contribution < -0.4 is 10.0 Å². The van der Waals surface area contributed by atoms with Crippen molar-refractivity contribution in [3.05, 3.63) is 96.6 Å². The topological polar surface area (TPSA) is 65.3 Å². The number of rotatable bonds is 3. The molecule has 2 amide bonds. The number of hydrazone groups is 2. The molecule has 6 nitrogen and oxygen atoms in total. The lowest BCUT2D eigenvalue weighted by molar-refractivity contribution is -0.126. The maximum Gasteiger partial charge on any atom is 0.261 e. The van der Waals surface area contributed by atoms with E-state index in [0.29, 0.717) is 22.8 Å². The zero-order valence-corrected chi connectivity index (χ0v) is 18.3. The Hall–Kier alpha value is -4.06. The quantitative estimate of drug-likeness (QED) is 0.605. The van der Waals surface area contributed by atoms with Crippen LogP contribution in [0, 0.1) is 10.8 Å². The zero-order chi connectivity index (χ0) is 22.8. The van der Waals surface area contributed by atoms with Crippen LogP contribution in [-0.2, 0) is 9.59 Å². The first-order chi connectivity index (χ1) is 16.0. The summed E-state index contributed by atoms with van der Waals surface area (Å²) in [6.07, 6.45) is 0. The molecular weight excluding hydrogens is 412 g/mol. The first kappa shape index (κ1) is 19.6. The molecule has 3 aromatic rings. The molecule has 0 radical (unpaired) electrons. The van der Waals surface area contributed by atoms with Gasteiger partial charge in [-0.2, -0.15) is 20.2 Å². The lowest BCUT2D eigenvalue weighted by Crippen LogP contribution is -2.40. The highest BCUT2D eigenvalue weighted by Crippen LogP contribution is 2.79. The Balaban J connectivity index is 1.53. The average Bonchev–Trinajstić information content (AvgIpc) is 3.34. The lowest BCUT2D eigenvalue weighted by Gasteiger charge is -2.18. The molecule has 1 fully saturated rings. The summed E-state index contributed by atoms with van der Waals surface area (Å²) in [7, 11) is 0. The van der Waals surface area contributed by atoms with Crippen molar-refractivity contribution in [2.45, 2.75) is 19.8 Å². The first-order valence-corrected chi connectivity index (χ1v) is 11.0. The summed E-state index contributed by atoms with van der Waals surface area (Å²) in [6.45, 7) is 3.72. The molecule has 0 unspecified atom stereocenters. The van der Waals surface area contributed by atoms with Crippen molar-refractivity contribution < 1.29 is 9.59 Å². The van der Waals surface area contributed by atoms with E-state index in [4.69, 9.17) is 10.2 Å². The van der Waals surface area contributed by atoms with Gasteiger partial charge in [-0.05, 0) is 43.7 Å². The van der Waals surface area contributed by atoms with Crippen molar-refractivity contribution in [1.29, 1.82) is 0 Å². The molecule has 2 aliphatic heterocycles. The van der Waals surface area contributed by atoms with Gasteiger partial charge in [0.25, 0.3) is 11.8 Å². The van der Waals surface area contributed by atoms with Gasteiger partial charge in [0.1, 0.15) is 10.8 Å². The van der Waals surface area contributed by atoms with Crippen LogP contribution in [0.25, 0.3) is 0 Å². The SMILES string of the molecule is CC1=NN(c2ccccc2)C(=O)[C@@]12C(c1ccccc1)[C@@]21C(=O)N(c2ccccc2)N=C1C. The summed E-state index contributed by atoms with van der Waals surface area (Å²) >= 11 is 0. The number of benzene rings is 3. The number of hydrogen-bond acceptors (Lipinski definition) is 4. The van der Waals surface area contributed by atoms with Gasteiger partial charge in [-0.3, -0.25) is 9.59 Å². The first-order valence-electron chi connectivity index (χ1n) is 11.0. The van der Waals surface area contributed by atoms with Crippen LogP contribution >= 0.6 is 0 Å². The van der Waals surface area contributed by atoms with E-state index >= 15 is 0 Å². The Kier molecular flexibility index (Phi) is 3.99. The summed E-state index contributed by atoms with van der Waals surface area (Å²) in [5, 5.41) is 12.3. The monoisotopic (exact) mass is 434 g/mol. The standard InChI is InChI=1S/C27H22N4O2/c1-18-26(24(32)30(28-18)21-14-8-4-9-15-21)23(20-12-6-3-7-13-20)27(26)19(2)29-31(25(27)33)22-16-10-5-11-17-22/h3-17,23H,1-2H3/t26-,27-/m0/s1. The fourth-order valence-electron chi connectivity index (χ4n) is 5.87. The number of hydrogen-bond donors (Lipinski definition) is 0. The maximum atomic E-state index is 14.2. The van der Waals surface area contributed by atoms with Gasteiger partial charge >= 0.3 is 0 Å². The highest BCUT2D eigenvalue weighted by Gasteiger charge is 2.91. The van der Waals surface area contributed by atoms with Gasteiger partial charge in [0.2, 0.25) is 0 Å². The largest absolute Gasteiger partial charge is 0.271 e. The van der Waals surface area contributed by atoms with Crippen LogP contribution in [0.15, 0.2) is 101 Å². The van der Waals surface area contributed by atoms with Crippen LogP contribution in [0.1, 0.15) is 25.3 Å². The molecule has 0 N–H and O–H groups in total. The van der Waals surface area contributed by atoms with E-state index in [1.807, 2.05) is 105 Å². The smallest absolute Gasteiger partial charge is 0.261 e. The van der Waals surface area contributed by atoms with Crippen molar-refractivity contribution in [2.75, 3.05) is 10.0 Å². The van der Waals surface area contributed by atoms with Crippen molar-refractivity contribution in [1.82, 2.24) is 0 Å². The average molecular weight is 434 g/mol. The van der Waals surface area contributed by atoms with Gasteiger partial charge < -0.3 is 0 Å². The van der Waals surface area contributed by atoms with Crippen LogP contribution in [0.2, 0.25) is 0 Å². The van der Waals surface area contributed by atoms with E-state index in [1.54, 1.807) is 0 Å². The van der Waals surface area contributed by atoms with Crippen molar-refractivity contribution in [3.8, 4) is 0 Å². The summed E-state index contributed by atoms with van der Waals surface area (Å²) in [6, 6.07) is 28.5. The molecule has 2 heterocycles. The van der Waals surface area contributed by atoms with E-state index in [0.717, 1.165) is 5.56 Å². The number of carbonyl (C=O) groups is 2. The molecule has 0 saturated heterocycles. The normalized spacial score (nSPS) is 28.0. The third-order valence-electron chi connectivity index (χ3n) is 7.24. The Morgan fingerprint density at radius 2 is 0.970 bits per heavy atom. The highest BCUT2D eigenvalue weighted by atomic mass is 16.2. The number of nitrogens with zero attached hydrogens (tertiary/aromatic N) is 4. The van der Waals surface area contributed by atoms with Crippen molar-refractivity contribution in [3.63, 3.8) is 0 Å². The molecule has 3 aromatic carbocycles. The molecule has 6 heteroatoms. The fraction of sp³-hybridized carbons (Fsp3) is 0.185. The molecule has 1 saturated carbocycles. The van der Waals surface area contributed by atoms with E-state index in [-0.39, 0.29) is 17.7 Å². The molecule has 2 spiro atoms. The van der Waals surface area contributed by atoms with Gasteiger partial charge in [-0.25, -0.2) is 0 Å². The molecule has 3 aliphatic rings. The van der Waals surface area contributed by atoms with E-state index in [2.05, 4.69) is 0 Å². The van der Waals surface area contributed by atoms with Gasteiger partial charge in [0.05, 0.1) is 22.8 Å². The second kappa shape index (κ2) is 6.72. The van der Waals surface area contributed by atoms with Gasteiger partial charge in [0.15, 0.2) is 0 Å². The molecule has 162 valence electrons. The Morgan fingerprint density at radius 3 is 1.36 bits per heavy atom. The molecule has 0 bridgehead atoms. The predicted octanol–water partition coefficient (Wildman–Crippen LogP) is 4.60. The number of carbonyl (C=O) groups excluding carboxylic acids is 2. The fourth-order valence-corrected chi connectivity index (χ4v) is 5.87. The summed E-state index contributed by atoms with van der Waals surface area (Å²) in [4.78, 5) is 28.3. The second-order valence-corrected chi connectivity index (χ2v) is 8.74. The van der Waals surface area contributed by atoms with Crippen LogP contribution in [0.5, 0.6) is 0 Å². The van der Waals surface area contributed by atoms with Crippen LogP contribution in [-0.4, -0.2) is 23.2 Å². The molecular formula is C27H22N4O2. The van der Waals surface area contributed by atoms with Crippen LogP contribution in [0.4, 0.5) is 11.4 Å².